The first-order valence-electron chi connectivity index (χ1n) is 7.60. The van der Waals surface area contributed by atoms with Gasteiger partial charge in [0.2, 0.25) is 0 Å². The standard InChI is InChI=1S/C16H21F3N2O2/c1-11-3-2-4-12(9-11)10-20-15(23)21-7-5-13(6-8-21)14(22)16(17,18)19/h2-4,9,13-14,22H,5-8,10H2,1H3,(H,20,23). The van der Waals surface area contributed by atoms with Gasteiger partial charge in [0.05, 0.1) is 0 Å². The molecule has 1 aromatic rings. The second kappa shape index (κ2) is 7.21. The summed E-state index contributed by atoms with van der Waals surface area (Å²) in [4.78, 5) is 13.6. The van der Waals surface area contributed by atoms with E-state index in [0.717, 1.165) is 11.1 Å². The van der Waals surface area contributed by atoms with Crippen LogP contribution in [0.25, 0.3) is 0 Å². The zero-order valence-electron chi connectivity index (χ0n) is 12.9. The van der Waals surface area contributed by atoms with Crippen LogP contribution in [-0.2, 0) is 6.54 Å². The number of halogens is 3. The number of nitrogens with one attached hydrogen (secondary N) is 1. The van der Waals surface area contributed by atoms with E-state index in [1.807, 2.05) is 31.2 Å². The van der Waals surface area contributed by atoms with Crippen LogP contribution in [0.3, 0.4) is 0 Å². The lowest BCUT2D eigenvalue weighted by Crippen LogP contribution is -2.48. The largest absolute Gasteiger partial charge is 0.414 e. The summed E-state index contributed by atoms with van der Waals surface area (Å²) < 4.78 is 37.5. The third kappa shape index (κ3) is 4.86. The van der Waals surface area contributed by atoms with Crippen LogP contribution in [-0.4, -0.2) is 41.4 Å². The number of hydrogen-bond donors (Lipinski definition) is 2. The molecule has 0 bridgehead atoms. The molecule has 7 heteroatoms. The van der Waals surface area contributed by atoms with Crippen molar-refractivity contribution in [1.29, 1.82) is 0 Å². The molecule has 2 rings (SSSR count). The highest BCUT2D eigenvalue weighted by molar-refractivity contribution is 5.74. The fraction of sp³-hybridized carbons (Fsp3) is 0.562. The molecule has 1 saturated heterocycles. The maximum Gasteiger partial charge on any atom is 0.414 e. The molecule has 1 atom stereocenters. The Kier molecular flexibility index (Phi) is 5.51. The number of amides is 2. The summed E-state index contributed by atoms with van der Waals surface area (Å²) in [6, 6.07) is 7.44. The normalized spacial score (nSPS) is 17.9. The number of hydrogen-bond acceptors (Lipinski definition) is 2. The zero-order chi connectivity index (χ0) is 17.0. The van der Waals surface area contributed by atoms with Crippen molar-refractivity contribution >= 4 is 6.03 Å². The van der Waals surface area contributed by atoms with Crippen molar-refractivity contribution in [3.8, 4) is 0 Å². The van der Waals surface area contributed by atoms with Gasteiger partial charge in [-0.2, -0.15) is 13.2 Å². The van der Waals surface area contributed by atoms with Crippen LogP contribution in [0.2, 0.25) is 0 Å². The summed E-state index contributed by atoms with van der Waals surface area (Å²) in [6.07, 6.45) is -6.60. The summed E-state index contributed by atoms with van der Waals surface area (Å²) in [5.74, 6) is -0.837. The number of carbonyl (C=O) groups is 1. The summed E-state index contributed by atoms with van der Waals surface area (Å²) in [5, 5.41) is 12.0. The predicted molar refractivity (Wildman–Crippen MR) is 79.8 cm³/mol. The second-order valence-corrected chi connectivity index (χ2v) is 5.96. The van der Waals surface area contributed by atoms with Crippen LogP contribution in [0.15, 0.2) is 24.3 Å². The Hall–Kier alpha value is -1.76. The van der Waals surface area contributed by atoms with E-state index in [1.54, 1.807) is 0 Å². The van der Waals surface area contributed by atoms with Crippen molar-refractivity contribution in [2.75, 3.05) is 13.1 Å². The van der Waals surface area contributed by atoms with Gasteiger partial charge in [-0.05, 0) is 31.2 Å². The number of urea groups is 1. The average molecular weight is 330 g/mol. The highest BCUT2D eigenvalue weighted by Crippen LogP contribution is 2.31. The fourth-order valence-corrected chi connectivity index (χ4v) is 2.80. The number of rotatable bonds is 3. The number of aliphatic hydroxyl groups is 1. The van der Waals surface area contributed by atoms with E-state index in [2.05, 4.69) is 5.32 Å². The average Bonchev–Trinajstić information content (AvgIpc) is 2.51. The van der Waals surface area contributed by atoms with Gasteiger partial charge in [0.25, 0.3) is 0 Å². The Morgan fingerprint density at radius 3 is 2.61 bits per heavy atom. The summed E-state index contributed by atoms with van der Waals surface area (Å²) in [7, 11) is 0. The molecule has 0 radical (unpaired) electrons. The van der Waals surface area contributed by atoms with Crippen molar-refractivity contribution < 1.29 is 23.1 Å². The molecule has 23 heavy (non-hydrogen) atoms. The van der Waals surface area contributed by atoms with Crippen molar-refractivity contribution in [1.82, 2.24) is 10.2 Å². The van der Waals surface area contributed by atoms with Crippen LogP contribution in [0.5, 0.6) is 0 Å². The summed E-state index contributed by atoms with van der Waals surface area (Å²) in [6.45, 7) is 2.78. The van der Waals surface area contributed by atoms with Gasteiger partial charge < -0.3 is 15.3 Å². The molecular formula is C16H21F3N2O2. The molecule has 1 heterocycles. The molecule has 2 amide bonds. The first-order valence-corrected chi connectivity index (χ1v) is 7.60. The third-order valence-electron chi connectivity index (χ3n) is 4.13. The number of aliphatic hydroxyl groups excluding tert-OH is 1. The molecule has 0 saturated carbocycles. The van der Waals surface area contributed by atoms with Crippen LogP contribution < -0.4 is 5.32 Å². The van der Waals surface area contributed by atoms with Crippen molar-refractivity contribution in [2.45, 2.75) is 38.6 Å². The van der Waals surface area contributed by atoms with Crippen LogP contribution >= 0.6 is 0 Å². The zero-order valence-corrected chi connectivity index (χ0v) is 12.9. The van der Waals surface area contributed by atoms with Crippen LogP contribution in [0.1, 0.15) is 24.0 Å². The molecule has 2 N–H and O–H groups in total. The SMILES string of the molecule is Cc1cccc(CNC(=O)N2CCC(C(O)C(F)(F)F)CC2)c1. The smallest absolute Gasteiger partial charge is 0.383 e. The van der Waals surface area contributed by atoms with Gasteiger partial charge in [-0.3, -0.25) is 0 Å². The molecular weight excluding hydrogens is 309 g/mol. The van der Waals surface area contributed by atoms with E-state index < -0.39 is 18.2 Å². The van der Waals surface area contributed by atoms with Crippen LogP contribution in [0, 0.1) is 12.8 Å². The van der Waals surface area contributed by atoms with E-state index in [-0.39, 0.29) is 32.0 Å². The minimum atomic E-state index is -4.60. The molecule has 1 unspecified atom stereocenters. The highest BCUT2D eigenvalue weighted by Gasteiger charge is 2.44. The number of benzene rings is 1. The maximum atomic E-state index is 12.5. The molecule has 0 aromatic heterocycles. The van der Waals surface area contributed by atoms with Gasteiger partial charge in [-0.1, -0.05) is 29.8 Å². The van der Waals surface area contributed by atoms with Crippen molar-refractivity contribution in [2.24, 2.45) is 5.92 Å². The Morgan fingerprint density at radius 2 is 2.04 bits per heavy atom. The highest BCUT2D eigenvalue weighted by atomic mass is 19.4. The number of likely N-dealkylation sites (tertiary alicyclic amines) is 1. The Bertz CT molecular complexity index is 540. The minimum absolute atomic E-state index is 0.151. The number of nitrogens with zero attached hydrogens (tertiary/aromatic N) is 1. The summed E-state index contributed by atoms with van der Waals surface area (Å²) >= 11 is 0. The monoisotopic (exact) mass is 330 g/mol. The minimum Gasteiger partial charge on any atom is -0.383 e. The Labute approximate surface area is 133 Å². The van der Waals surface area contributed by atoms with Crippen molar-refractivity contribution in [3.63, 3.8) is 0 Å². The van der Waals surface area contributed by atoms with E-state index in [0.29, 0.717) is 6.54 Å². The predicted octanol–water partition coefficient (Wildman–Crippen LogP) is 2.84. The molecule has 1 aliphatic heterocycles. The first kappa shape index (κ1) is 17.6. The molecule has 1 aliphatic rings. The van der Waals surface area contributed by atoms with Gasteiger partial charge in [-0.25, -0.2) is 4.79 Å². The number of alkyl halides is 3. The van der Waals surface area contributed by atoms with Crippen LogP contribution in [0.4, 0.5) is 18.0 Å². The molecule has 128 valence electrons. The van der Waals surface area contributed by atoms with E-state index in [9.17, 15) is 23.1 Å². The van der Waals surface area contributed by atoms with E-state index in [4.69, 9.17) is 0 Å². The maximum absolute atomic E-state index is 12.5. The lowest BCUT2D eigenvalue weighted by molar-refractivity contribution is -0.222. The fourth-order valence-electron chi connectivity index (χ4n) is 2.80. The molecule has 1 fully saturated rings. The molecule has 0 aliphatic carbocycles. The topological polar surface area (TPSA) is 52.6 Å². The first-order chi connectivity index (χ1) is 10.8. The Morgan fingerprint density at radius 1 is 1.39 bits per heavy atom. The van der Waals surface area contributed by atoms with Crippen molar-refractivity contribution in [3.05, 3.63) is 35.4 Å². The molecule has 0 spiro atoms. The van der Waals surface area contributed by atoms with Gasteiger partial charge in [0.15, 0.2) is 6.10 Å². The number of piperidine rings is 1. The third-order valence-corrected chi connectivity index (χ3v) is 4.13. The molecule has 1 aromatic carbocycles. The lowest BCUT2D eigenvalue weighted by atomic mass is 9.91. The summed E-state index contributed by atoms with van der Waals surface area (Å²) in [5.41, 5.74) is 2.07. The van der Waals surface area contributed by atoms with Gasteiger partial charge in [0, 0.05) is 19.6 Å². The quantitative estimate of drug-likeness (QED) is 0.895. The van der Waals surface area contributed by atoms with E-state index >= 15 is 0 Å². The number of aryl methyl sites for hydroxylation is 1. The molecule has 4 nitrogen and oxygen atoms in total. The van der Waals surface area contributed by atoms with Gasteiger partial charge in [-0.15, -0.1) is 0 Å². The van der Waals surface area contributed by atoms with Gasteiger partial charge in [0.1, 0.15) is 0 Å². The van der Waals surface area contributed by atoms with E-state index in [1.165, 1.54) is 4.90 Å². The van der Waals surface area contributed by atoms with Gasteiger partial charge >= 0.3 is 12.2 Å². The Balaban J connectivity index is 1.80. The number of carbonyl (C=O) groups excluding carboxylic acids is 1. The lowest BCUT2D eigenvalue weighted by Gasteiger charge is -2.34. The second-order valence-electron chi connectivity index (χ2n) is 5.96.